The average Bonchev–Trinajstić information content (AvgIpc) is 3.05. The van der Waals surface area contributed by atoms with Crippen LogP contribution in [-0.2, 0) is 24.6 Å². The molecule has 2 aliphatic rings. The van der Waals surface area contributed by atoms with Crippen molar-refractivity contribution in [1.29, 1.82) is 0 Å². The minimum atomic E-state index is -0.0256. The van der Waals surface area contributed by atoms with Crippen LogP contribution in [0.25, 0.3) is 11.3 Å². The van der Waals surface area contributed by atoms with E-state index in [1.165, 1.54) is 22.4 Å². The van der Waals surface area contributed by atoms with Crippen molar-refractivity contribution < 1.29 is 4.74 Å². The van der Waals surface area contributed by atoms with Crippen LogP contribution in [0.1, 0.15) is 24.5 Å². The first-order chi connectivity index (χ1) is 10.2. The van der Waals surface area contributed by atoms with Gasteiger partial charge in [-0.15, -0.1) is 0 Å². The van der Waals surface area contributed by atoms with Gasteiger partial charge >= 0.3 is 0 Å². The van der Waals surface area contributed by atoms with E-state index in [0.29, 0.717) is 0 Å². The van der Waals surface area contributed by atoms with Crippen LogP contribution in [0.15, 0.2) is 35.5 Å². The number of aromatic nitrogens is 2. The van der Waals surface area contributed by atoms with Crippen LogP contribution in [0.2, 0.25) is 0 Å². The molecule has 0 unspecified atom stereocenters. The zero-order chi connectivity index (χ0) is 14.4. The van der Waals surface area contributed by atoms with Gasteiger partial charge in [-0.05, 0) is 30.0 Å². The number of ether oxygens (including phenoxy) is 1. The van der Waals surface area contributed by atoms with Gasteiger partial charge < -0.3 is 4.74 Å². The maximum Gasteiger partial charge on any atom is 0.180 e. The number of hydrogen-bond donors (Lipinski definition) is 0. The summed E-state index contributed by atoms with van der Waals surface area (Å²) in [6.45, 7) is 2.69. The smallest absolute Gasteiger partial charge is 0.180 e. The van der Waals surface area contributed by atoms with E-state index in [1.807, 2.05) is 24.9 Å². The van der Waals surface area contributed by atoms with Crippen molar-refractivity contribution in [2.24, 2.45) is 12.0 Å². The molecule has 0 bridgehead atoms. The lowest BCUT2D eigenvalue weighted by Crippen LogP contribution is -2.35. The van der Waals surface area contributed by atoms with Gasteiger partial charge in [-0.3, -0.25) is 4.68 Å². The molecule has 0 N–H and O–H groups in total. The van der Waals surface area contributed by atoms with E-state index in [9.17, 15) is 0 Å². The van der Waals surface area contributed by atoms with Crippen LogP contribution >= 0.6 is 0 Å². The van der Waals surface area contributed by atoms with E-state index in [-0.39, 0.29) is 5.54 Å². The normalized spacial score (nSPS) is 23.8. The second-order valence-corrected chi connectivity index (χ2v) is 6.10. The van der Waals surface area contributed by atoms with Crippen LogP contribution in [0.3, 0.4) is 0 Å². The highest BCUT2D eigenvalue weighted by atomic mass is 16.5. The molecule has 0 saturated heterocycles. The zero-order valence-electron chi connectivity index (χ0n) is 12.5. The summed E-state index contributed by atoms with van der Waals surface area (Å²) >= 11 is 0. The summed E-state index contributed by atoms with van der Waals surface area (Å²) < 4.78 is 7.56. The summed E-state index contributed by atoms with van der Waals surface area (Å²) in [5, 5.41) is 4.30. The zero-order valence-corrected chi connectivity index (χ0v) is 12.5. The lowest BCUT2D eigenvalue weighted by Gasteiger charge is -2.31. The van der Waals surface area contributed by atoms with Gasteiger partial charge in [0.05, 0.1) is 5.69 Å². The largest absolute Gasteiger partial charge is 0.479 e. The third kappa shape index (κ3) is 1.97. The van der Waals surface area contributed by atoms with E-state index in [1.54, 1.807) is 0 Å². The maximum absolute atomic E-state index is 5.62. The highest BCUT2D eigenvalue weighted by molar-refractivity contribution is 5.76. The fourth-order valence-electron chi connectivity index (χ4n) is 3.63. The fraction of sp³-hybridized carbons (Fsp3) is 0.412. The molecule has 4 heteroatoms. The molecule has 1 aromatic heterocycles. The van der Waals surface area contributed by atoms with Crippen molar-refractivity contribution in [1.82, 2.24) is 9.78 Å². The molecule has 21 heavy (non-hydrogen) atoms. The van der Waals surface area contributed by atoms with Gasteiger partial charge in [0.25, 0.3) is 0 Å². The molecular weight excluding hydrogens is 262 g/mol. The van der Waals surface area contributed by atoms with Crippen molar-refractivity contribution in [2.45, 2.75) is 31.7 Å². The Bertz CT molecular complexity index is 731. The number of fused-ring (bicyclic) bond motifs is 1. The standard InChI is InChI=1S/C17H19N3O/c1-12-19-17(11-21-12)8-6-14-13(10-17)4-3-5-15(14)16-7-9-18-20(16)2/h3-5,7,9H,6,8,10-11H2,1-2H3/t17-/m1/s1. The van der Waals surface area contributed by atoms with Crippen LogP contribution < -0.4 is 0 Å². The predicted molar refractivity (Wildman–Crippen MR) is 82.5 cm³/mol. The predicted octanol–water partition coefficient (Wildman–Crippen LogP) is 2.76. The number of benzene rings is 1. The van der Waals surface area contributed by atoms with Crippen molar-refractivity contribution in [3.8, 4) is 11.3 Å². The van der Waals surface area contributed by atoms with Crippen molar-refractivity contribution in [2.75, 3.05) is 6.61 Å². The lowest BCUT2D eigenvalue weighted by molar-refractivity contribution is 0.236. The Hall–Kier alpha value is -2.10. The van der Waals surface area contributed by atoms with E-state index in [4.69, 9.17) is 9.73 Å². The third-order valence-corrected chi connectivity index (χ3v) is 4.67. The van der Waals surface area contributed by atoms with Gasteiger partial charge in [0.15, 0.2) is 5.90 Å². The molecule has 0 saturated carbocycles. The number of aliphatic imine (C=N–C) groups is 1. The second kappa shape index (κ2) is 4.45. The number of rotatable bonds is 1. The Balaban J connectivity index is 1.77. The monoisotopic (exact) mass is 281 g/mol. The summed E-state index contributed by atoms with van der Waals surface area (Å²) in [5.74, 6) is 0.834. The van der Waals surface area contributed by atoms with Crippen molar-refractivity contribution >= 4 is 5.90 Å². The maximum atomic E-state index is 5.62. The van der Waals surface area contributed by atoms with E-state index >= 15 is 0 Å². The summed E-state index contributed by atoms with van der Waals surface area (Å²) in [6, 6.07) is 8.67. The molecule has 4 rings (SSSR count). The minimum absolute atomic E-state index is 0.0256. The molecule has 0 fully saturated rings. The molecular formula is C17H19N3O. The van der Waals surface area contributed by atoms with Crippen molar-refractivity contribution in [3.63, 3.8) is 0 Å². The molecule has 0 radical (unpaired) electrons. The summed E-state index contributed by atoms with van der Waals surface area (Å²) in [7, 11) is 2.00. The van der Waals surface area contributed by atoms with Gasteiger partial charge in [-0.2, -0.15) is 5.10 Å². The molecule has 2 aromatic rings. The number of nitrogens with zero attached hydrogens (tertiary/aromatic N) is 3. The van der Waals surface area contributed by atoms with Crippen LogP contribution in [-0.4, -0.2) is 27.8 Å². The van der Waals surface area contributed by atoms with E-state index < -0.39 is 0 Å². The Morgan fingerprint density at radius 1 is 1.29 bits per heavy atom. The average molecular weight is 281 g/mol. The Kier molecular flexibility index (Phi) is 2.67. The Morgan fingerprint density at radius 3 is 2.90 bits per heavy atom. The van der Waals surface area contributed by atoms with Gasteiger partial charge in [-0.1, -0.05) is 18.2 Å². The van der Waals surface area contributed by atoms with E-state index in [2.05, 4.69) is 29.4 Å². The summed E-state index contributed by atoms with van der Waals surface area (Å²) in [5.41, 5.74) is 5.32. The van der Waals surface area contributed by atoms with Gasteiger partial charge in [-0.25, -0.2) is 4.99 Å². The topological polar surface area (TPSA) is 39.4 Å². The van der Waals surface area contributed by atoms with Gasteiger partial charge in [0, 0.05) is 32.2 Å². The first-order valence-electron chi connectivity index (χ1n) is 7.45. The number of hydrogen-bond acceptors (Lipinski definition) is 3. The number of aryl methyl sites for hydroxylation is 1. The highest BCUT2D eigenvalue weighted by Gasteiger charge is 2.39. The first kappa shape index (κ1) is 12.6. The van der Waals surface area contributed by atoms with Crippen LogP contribution in [0.5, 0.6) is 0 Å². The van der Waals surface area contributed by atoms with Crippen molar-refractivity contribution in [3.05, 3.63) is 41.6 Å². The lowest BCUT2D eigenvalue weighted by atomic mass is 9.77. The molecule has 4 nitrogen and oxygen atoms in total. The SMILES string of the molecule is CC1=N[C@@]2(CCc3c(cccc3-c3ccnn3C)C2)CO1. The minimum Gasteiger partial charge on any atom is -0.479 e. The molecule has 1 spiro atoms. The molecule has 0 amide bonds. The van der Waals surface area contributed by atoms with Gasteiger partial charge in [0.1, 0.15) is 12.1 Å². The molecule has 1 atom stereocenters. The van der Waals surface area contributed by atoms with Gasteiger partial charge in [0.2, 0.25) is 0 Å². The van der Waals surface area contributed by atoms with Crippen LogP contribution in [0, 0.1) is 0 Å². The van der Waals surface area contributed by atoms with E-state index in [0.717, 1.165) is 31.8 Å². The Labute approximate surface area is 124 Å². The first-order valence-corrected chi connectivity index (χ1v) is 7.45. The summed E-state index contributed by atoms with van der Waals surface area (Å²) in [6.07, 6.45) is 4.95. The molecule has 1 aliphatic carbocycles. The second-order valence-electron chi connectivity index (χ2n) is 6.10. The fourth-order valence-corrected chi connectivity index (χ4v) is 3.63. The quantitative estimate of drug-likeness (QED) is 0.806. The molecule has 1 aromatic carbocycles. The molecule has 108 valence electrons. The third-order valence-electron chi connectivity index (χ3n) is 4.67. The Morgan fingerprint density at radius 2 is 2.19 bits per heavy atom. The highest BCUT2D eigenvalue weighted by Crippen LogP contribution is 2.38. The molecule has 2 heterocycles. The summed E-state index contributed by atoms with van der Waals surface area (Å²) in [4.78, 5) is 4.77. The van der Waals surface area contributed by atoms with Crippen LogP contribution in [0.4, 0.5) is 0 Å². The molecule has 1 aliphatic heterocycles.